The fraction of sp³-hybridized carbons (Fsp3) is 0.0625. The van der Waals surface area contributed by atoms with Crippen LogP contribution in [-0.4, -0.2) is 30.1 Å². The lowest BCUT2D eigenvalue weighted by molar-refractivity contribution is -0.131. The molecule has 9 heteroatoms. The zero-order chi connectivity index (χ0) is 18.4. The molecule has 0 aliphatic rings. The molecule has 130 valence electrons. The molecular formula is C16H12ClNO6S. The first-order valence-corrected chi connectivity index (χ1v) is 8.01. The van der Waals surface area contributed by atoms with Crippen LogP contribution < -0.4 is 10.1 Å². The fourth-order valence-electron chi connectivity index (χ4n) is 1.75. The Morgan fingerprint density at radius 3 is 2.64 bits per heavy atom. The van der Waals surface area contributed by atoms with E-state index in [1.54, 1.807) is 17.5 Å². The van der Waals surface area contributed by atoms with E-state index < -0.39 is 17.8 Å². The number of nitrogens with one attached hydrogen (secondary N) is 1. The number of carboxylic acid groups (broad SMARTS) is 1. The van der Waals surface area contributed by atoms with Crippen molar-refractivity contribution in [3.63, 3.8) is 0 Å². The maximum Gasteiger partial charge on any atom is 0.351 e. The average Bonchev–Trinajstić information content (AvgIpc) is 3.03. The third-order valence-corrected chi connectivity index (χ3v) is 3.91. The van der Waals surface area contributed by atoms with Crippen molar-refractivity contribution in [3.05, 3.63) is 51.7 Å². The van der Waals surface area contributed by atoms with E-state index >= 15 is 0 Å². The lowest BCUT2D eigenvalue weighted by Gasteiger charge is -2.12. The van der Waals surface area contributed by atoms with Crippen LogP contribution >= 0.6 is 22.9 Å². The number of thiophene rings is 1. The summed E-state index contributed by atoms with van der Waals surface area (Å²) in [5.41, 5.74) is 0.217. The predicted molar refractivity (Wildman–Crippen MR) is 92.6 cm³/mol. The zero-order valence-electron chi connectivity index (χ0n) is 12.8. The highest BCUT2D eigenvalue weighted by Crippen LogP contribution is 2.35. The van der Waals surface area contributed by atoms with Crippen LogP contribution in [0.3, 0.4) is 0 Å². The zero-order valence-corrected chi connectivity index (χ0v) is 14.4. The molecule has 1 aromatic heterocycles. The highest BCUT2D eigenvalue weighted by atomic mass is 35.5. The number of anilines is 1. The Morgan fingerprint density at radius 1 is 1.20 bits per heavy atom. The van der Waals surface area contributed by atoms with E-state index in [2.05, 4.69) is 10.1 Å². The number of hydrogen-bond donors (Lipinski definition) is 2. The first kappa shape index (κ1) is 18.5. The molecular weight excluding hydrogens is 370 g/mol. The molecule has 1 amide bonds. The van der Waals surface area contributed by atoms with E-state index in [0.717, 1.165) is 17.4 Å². The van der Waals surface area contributed by atoms with Crippen LogP contribution in [-0.2, 0) is 14.3 Å². The molecule has 2 aromatic rings. The van der Waals surface area contributed by atoms with Gasteiger partial charge in [0.25, 0.3) is 0 Å². The number of carbonyl (C=O) groups excluding carboxylic acids is 2. The summed E-state index contributed by atoms with van der Waals surface area (Å²) in [6.45, 7) is 0. The highest BCUT2D eigenvalue weighted by Gasteiger charge is 2.17. The number of esters is 1. The van der Waals surface area contributed by atoms with Crippen LogP contribution in [0.4, 0.5) is 5.69 Å². The van der Waals surface area contributed by atoms with Crippen molar-refractivity contribution in [1.29, 1.82) is 0 Å². The van der Waals surface area contributed by atoms with Crippen LogP contribution in [0.15, 0.2) is 41.8 Å². The predicted octanol–water partition coefficient (Wildman–Crippen LogP) is 3.56. The third-order valence-electron chi connectivity index (χ3n) is 2.80. The first-order chi connectivity index (χ1) is 11.9. The summed E-state index contributed by atoms with van der Waals surface area (Å²) in [5, 5.41) is 13.0. The second-order valence-electron chi connectivity index (χ2n) is 4.51. The molecule has 0 saturated carbocycles. The molecule has 25 heavy (non-hydrogen) atoms. The minimum atomic E-state index is -1.25. The van der Waals surface area contributed by atoms with Gasteiger partial charge in [-0.25, -0.2) is 9.59 Å². The van der Waals surface area contributed by atoms with Crippen molar-refractivity contribution < 1.29 is 29.0 Å². The van der Waals surface area contributed by atoms with Crippen molar-refractivity contribution in [2.24, 2.45) is 0 Å². The van der Waals surface area contributed by atoms with Gasteiger partial charge in [-0.2, -0.15) is 0 Å². The molecule has 1 aromatic carbocycles. The van der Waals surface area contributed by atoms with Crippen molar-refractivity contribution in [1.82, 2.24) is 0 Å². The van der Waals surface area contributed by atoms with Gasteiger partial charge >= 0.3 is 11.9 Å². The molecule has 0 saturated heterocycles. The van der Waals surface area contributed by atoms with Gasteiger partial charge in [-0.05, 0) is 29.6 Å². The average molecular weight is 382 g/mol. The molecule has 2 N–H and O–H groups in total. The number of carboxylic acids is 1. The summed E-state index contributed by atoms with van der Waals surface area (Å²) in [5.74, 6) is -1.98. The maximum atomic E-state index is 11.8. The van der Waals surface area contributed by atoms with Crippen LogP contribution in [0.25, 0.3) is 0 Å². The number of aliphatic carboxylic acids is 1. The lowest BCUT2D eigenvalue weighted by atomic mass is 10.2. The molecule has 0 bridgehead atoms. The summed E-state index contributed by atoms with van der Waals surface area (Å²) in [6.07, 6.45) is 1.56. The number of carbonyl (C=O) groups is 3. The standard InChI is InChI=1S/C16H12ClNO6S/c1-23-16(22)15-12(6-7-25-15)24-11-3-2-9(17)8-10(11)18-13(19)4-5-14(20)21/h2-8H,1H3,(H,18,19)(H,20,21)/b5-4+. The second kappa shape index (κ2) is 8.32. The monoisotopic (exact) mass is 381 g/mol. The van der Waals surface area contributed by atoms with Gasteiger partial charge in [0.2, 0.25) is 5.91 Å². The van der Waals surface area contributed by atoms with Gasteiger partial charge in [0, 0.05) is 17.2 Å². The summed E-state index contributed by atoms with van der Waals surface area (Å²) in [4.78, 5) is 34.2. The topological polar surface area (TPSA) is 102 Å². The molecule has 0 atom stereocenters. The number of halogens is 1. The van der Waals surface area contributed by atoms with Crippen LogP contribution in [0.2, 0.25) is 5.02 Å². The molecule has 0 spiro atoms. The van der Waals surface area contributed by atoms with Gasteiger partial charge in [0.15, 0.2) is 16.4 Å². The molecule has 0 aliphatic carbocycles. The number of rotatable bonds is 6. The highest BCUT2D eigenvalue weighted by molar-refractivity contribution is 7.12. The van der Waals surface area contributed by atoms with Crippen molar-refractivity contribution in [2.45, 2.75) is 0 Å². The Labute approximate surface area is 151 Å². The molecule has 0 aliphatic heterocycles. The van der Waals surface area contributed by atoms with E-state index in [0.29, 0.717) is 11.1 Å². The normalized spacial score (nSPS) is 10.5. The lowest BCUT2D eigenvalue weighted by Crippen LogP contribution is -2.10. The van der Waals surface area contributed by atoms with Crippen LogP contribution in [0, 0.1) is 0 Å². The van der Waals surface area contributed by atoms with E-state index in [1.807, 2.05) is 0 Å². The first-order valence-electron chi connectivity index (χ1n) is 6.76. The largest absolute Gasteiger partial charge is 0.478 e. The maximum absolute atomic E-state index is 11.8. The fourth-order valence-corrected chi connectivity index (χ4v) is 2.65. The minimum Gasteiger partial charge on any atom is -0.478 e. The number of hydrogen-bond acceptors (Lipinski definition) is 6. The summed E-state index contributed by atoms with van der Waals surface area (Å²) in [6, 6.07) is 6.08. The molecule has 7 nitrogen and oxygen atoms in total. The van der Waals surface area contributed by atoms with Crippen molar-refractivity contribution in [3.8, 4) is 11.5 Å². The molecule has 0 radical (unpaired) electrons. The Morgan fingerprint density at radius 2 is 1.96 bits per heavy atom. The summed E-state index contributed by atoms with van der Waals surface area (Å²) >= 11 is 7.07. The van der Waals surface area contributed by atoms with Crippen LogP contribution in [0.1, 0.15) is 9.67 Å². The Kier molecular flexibility index (Phi) is 6.15. The molecule has 0 unspecified atom stereocenters. The second-order valence-corrected chi connectivity index (χ2v) is 5.86. The number of amides is 1. The SMILES string of the molecule is COC(=O)c1sccc1Oc1ccc(Cl)cc1NC(=O)/C=C/C(=O)O. The number of ether oxygens (including phenoxy) is 2. The van der Waals surface area contributed by atoms with E-state index in [1.165, 1.54) is 19.2 Å². The van der Waals surface area contributed by atoms with E-state index in [4.69, 9.17) is 21.4 Å². The van der Waals surface area contributed by atoms with Crippen LogP contribution in [0.5, 0.6) is 11.5 Å². The molecule has 0 fully saturated rings. The van der Waals surface area contributed by atoms with Gasteiger partial charge in [0.05, 0.1) is 12.8 Å². The number of benzene rings is 1. The molecule has 1 heterocycles. The van der Waals surface area contributed by atoms with Gasteiger partial charge in [-0.3, -0.25) is 4.79 Å². The quantitative estimate of drug-likeness (QED) is 0.586. The van der Waals surface area contributed by atoms with Gasteiger partial charge < -0.3 is 19.9 Å². The van der Waals surface area contributed by atoms with E-state index in [9.17, 15) is 14.4 Å². The third kappa shape index (κ3) is 5.07. The smallest absolute Gasteiger partial charge is 0.351 e. The van der Waals surface area contributed by atoms with Gasteiger partial charge in [-0.1, -0.05) is 11.6 Å². The summed E-state index contributed by atoms with van der Waals surface area (Å²) in [7, 11) is 1.26. The Hall–Kier alpha value is -2.84. The Bertz CT molecular complexity index is 845. The van der Waals surface area contributed by atoms with Crippen molar-refractivity contribution in [2.75, 3.05) is 12.4 Å². The van der Waals surface area contributed by atoms with Gasteiger partial charge in [-0.15, -0.1) is 11.3 Å². The summed E-state index contributed by atoms with van der Waals surface area (Å²) < 4.78 is 10.4. The Balaban J connectivity index is 2.27. The van der Waals surface area contributed by atoms with Gasteiger partial charge in [0.1, 0.15) is 0 Å². The number of methoxy groups -OCH3 is 1. The minimum absolute atomic E-state index is 0.217. The molecule has 2 rings (SSSR count). The van der Waals surface area contributed by atoms with E-state index in [-0.39, 0.29) is 22.1 Å². The van der Waals surface area contributed by atoms with Crippen molar-refractivity contribution >= 4 is 46.5 Å².